The van der Waals surface area contributed by atoms with Gasteiger partial charge in [-0.25, -0.2) is 4.98 Å². The number of hydrogen-bond donors (Lipinski definition) is 1. The van der Waals surface area contributed by atoms with Gasteiger partial charge in [0.15, 0.2) is 5.75 Å². The van der Waals surface area contributed by atoms with Gasteiger partial charge in [-0.3, -0.25) is 15.1 Å². The maximum Gasteiger partial charge on any atom is 0.259 e. The van der Waals surface area contributed by atoms with E-state index in [2.05, 4.69) is 25.5 Å². The molecule has 1 amide bonds. The molecule has 0 bridgehead atoms. The molecule has 10 heteroatoms. The lowest BCUT2D eigenvalue weighted by atomic mass is 10.1. The molecule has 0 unspecified atom stereocenters. The van der Waals surface area contributed by atoms with E-state index in [1.165, 1.54) is 24.6 Å². The fourth-order valence-corrected chi connectivity index (χ4v) is 3.93. The first-order valence-electron chi connectivity index (χ1n) is 10.5. The summed E-state index contributed by atoms with van der Waals surface area (Å²) < 4.78 is 11.7. The van der Waals surface area contributed by atoms with Crippen molar-refractivity contribution >= 4 is 22.4 Å². The standard InChI is InChI=1S/C24H24N6O3S/c1-30(2)15-20(16-7-5-4-6-8-16)33-22-19(32-3)13-18(14-26-22)21(31)27-24-29-28-23(34-24)17-9-11-25-12-10-17/h4-14,20H,15H2,1-3H3,(H,27,29,31)/t20-/m0/s1. The summed E-state index contributed by atoms with van der Waals surface area (Å²) >= 11 is 1.27. The quantitative estimate of drug-likeness (QED) is 0.388. The molecule has 0 saturated carbocycles. The number of aromatic nitrogens is 4. The van der Waals surface area contributed by atoms with Crippen LogP contribution in [0.4, 0.5) is 5.13 Å². The fourth-order valence-electron chi connectivity index (χ4n) is 3.19. The molecule has 4 aromatic rings. The van der Waals surface area contributed by atoms with E-state index in [-0.39, 0.29) is 12.0 Å². The van der Waals surface area contributed by atoms with Crippen LogP contribution >= 0.6 is 11.3 Å². The number of anilines is 1. The molecule has 9 nitrogen and oxygen atoms in total. The Morgan fingerprint density at radius 3 is 2.59 bits per heavy atom. The minimum Gasteiger partial charge on any atom is -0.491 e. The zero-order chi connectivity index (χ0) is 23.9. The Balaban J connectivity index is 1.50. The van der Waals surface area contributed by atoms with Gasteiger partial charge in [-0.1, -0.05) is 41.7 Å². The van der Waals surface area contributed by atoms with Crippen LogP contribution in [0, 0.1) is 0 Å². The molecule has 0 fully saturated rings. The SMILES string of the molecule is COc1cc(C(=O)Nc2nnc(-c3ccncc3)s2)cnc1O[C@@H](CN(C)C)c1ccccc1. The summed E-state index contributed by atoms with van der Waals surface area (Å²) in [4.78, 5) is 23.2. The summed E-state index contributed by atoms with van der Waals surface area (Å²) in [5, 5.41) is 12.0. The predicted molar refractivity (Wildman–Crippen MR) is 130 cm³/mol. The van der Waals surface area contributed by atoms with Gasteiger partial charge in [0.2, 0.25) is 5.13 Å². The zero-order valence-corrected chi connectivity index (χ0v) is 19.8. The van der Waals surface area contributed by atoms with Gasteiger partial charge in [-0.05, 0) is 31.8 Å². The topological polar surface area (TPSA) is 102 Å². The summed E-state index contributed by atoms with van der Waals surface area (Å²) in [7, 11) is 5.47. The van der Waals surface area contributed by atoms with Crippen molar-refractivity contribution in [1.82, 2.24) is 25.1 Å². The Bertz CT molecular complexity index is 1230. The van der Waals surface area contributed by atoms with Crippen LogP contribution in [0.2, 0.25) is 0 Å². The number of rotatable bonds is 9. The van der Waals surface area contributed by atoms with E-state index in [0.717, 1.165) is 11.1 Å². The second-order valence-corrected chi connectivity index (χ2v) is 8.59. The van der Waals surface area contributed by atoms with E-state index in [1.54, 1.807) is 18.5 Å². The van der Waals surface area contributed by atoms with Gasteiger partial charge in [0, 0.05) is 36.8 Å². The molecule has 174 valence electrons. The van der Waals surface area contributed by atoms with Crippen LogP contribution in [0.1, 0.15) is 22.0 Å². The Morgan fingerprint density at radius 2 is 1.88 bits per heavy atom. The van der Waals surface area contributed by atoms with E-state index in [1.807, 2.05) is 61.5 Å². The van der Waals surface area contributed by atoms with Crippen molar-refractivity contribution in [2.45, 2.75) is 6.10 Å². The first-order chi connectivity index (χ1) is 16.5. The Morgan fingerprint density at radius 1 is 1.12 bits per heavy atom. The number of methoxy groups -OCH3 is 1. The van der Waals surface area contributed by atoms with Crippen LogP contribution in [-0.4, -0.2) is 58.7 Å². The molecule has 1 N–H and O–H groups in total. The van der Waals surface area contributed by atoms with Crippen molar-refractivity contribution < 1.29 is 14.3 Å². The largest absolute Gasteiger partial charge is 0.491 e. The summed E-state index contributed by atoms with van der Waals surface area (Å²) in [5.41, 5.74) is 2.21. The molecule has 0 aliphatic heterocycles. The molecule has 3 heterocycles. The summed E-state index contributed by atoms with van der Waals surface area (Å²) in [6.07, 6.45) is 4.55. The first-order valence-corrected chi connectivity index (χ1v) is 11.3. The lowest BCUT2D eigenvalue weighted by molar-refractivity contribution is 0.102. The second-order valence-electron chi connectivity index (χ2n) is 7.61. The number of benzene rings is 1. The van der Waals surface area contributed by atoms with E-state index in [4.69, 9.17) is 9.47 Å². The number of carbonyl (C=O) groups excluding carboxylic acids is 1. The number of nitrogens with one attached hydrogen (secondary N) is 1. The third-order valence-corrected chi connectivity index (χ3v) is 5.72. The number of hydrogen-bond acceptors (Lipinski definition) is 9. The van der Waals surface area contributed by atoms with Gasteiger partial charge in [-0.2, -0.15) is 0 Å². The Hall–Kier alpha value is -3.89. The summed E-state index contributed by atoms with van der Waals surface area (Å²) in [5.74, 6) is 0.301. The zero-order valence-electron chi connectivity index (χ0n) is 19.0. The lowest BCUT2D eigenvalue weighted by Crippen LogP contribution is -2.24. The highest BCUT2D eigenvalue weighted by atomic mass is 32.1. The number of carbonyl (C=O) groups is 1. The summed E-state index contributed by atoms with van der Waals surface area (Å²) in [6, 6.07) is 15.2. The molecule has 1 atom stereocenters. The van der Waals surface area contributed by atoms with Gasteiger partial charge in [0.05, 0.1) is 12.7 Å². The normalized spacial score (nSPS) is 11.8. The van der Waals surface area contributed by atoms with Crippen LogP contribution in [-0.2, 0) is 0 Å². The lowest BCUT2D eigenvalue weighted by Gasteiger charge is -2.23. The van der Waals surface area contributed by atoms with Crippen molar-refractivity contribution in [1.29, 1.82) is 0 Å². The van der Waals surface area contributed by atoms with Crippen LogP contribution < -0.4 is 14.8 Å². The third kappa shape index (κ3) is 5.72. The van der Waals surface area contributed by atoms with Crippen LogP contribution in [0.3, 0.4) is 0 Å². The number of likely N-dealkylation sites (N-methyl/N-ethyl adjacent to an activating group) is 1. The van der Waals surface area contributed by atoms with E-state index in [0.29, 0.717) is 33.9 Å². The van der Waals surface area contributed by atoms with Crippen molar-refractivity contribution in [3.8, 4) is 22.2 Å². The second kappa shape index (κ2) is 10.8. The van der Waals surface area contributed by atoms with Crippen molar-refractivity contribution in [3.63, 3.8) is 0 Å². The third-order valence-electron chi connectivity index (χ3n) is 4.83. The van der Waals surface area contributed by atoms with Gasteiger partial charge in [-0.15, -0.1) is 10.2 Å². The Kier molecular flexibility index (Phi) is 7.41. The van der Waals surface area contributed by atoms with Gasteiger partial charge in [0.1, 0.15) is 11.1 Å². The van der Waals surface area contributed by atoms with Gasteiger partial charge >= 0.3 is 0 Å². The average Bonchev–Trinajstić information content (AvgIpc) is 3.33. The molecular weight excluding hydrogens is 452 g/mol. The van der Waals surface area contributed by atoms with Crippen molar-refractivity contribution in [2.75, 3.05) is 33.1 Å². The molecule has 34 heavy (non-hydrogen) atoms. The maximum absolute atomic E-state index is 12.8. The molecule has 4 rings (SSSR count). The number of amides is 1. The highest BCUT2D eigenvalue weighted by Crippen LogP contribution is 2.31. The molecule has 0 aliphatic carbocycles. The van der Waals surface area contributed by atoms with Crippen LogP contribution in [0.15, 0.2) is 67.1 Å². The summed E-state index contributed by atoms with van der Waals surface area (Å²) in [6.45, 7) is 0.647. The van der Waals surface area contributed by atoms with Crippen molar-refractivity contribution in [3.05, 3.63) is 78.2 Å². The van der Waals surface area contributed by atoms with Crippen LogP contribution in [0.5, 0.6) is 11.6 Å². The smallest absolute Gasteiger partial charge is 0.259 e. The molecular formula is C24H24N6O3S. The maximum atomic E-state index is 12.8. The number of nitrogens with zero attached hydrogens (tertiary/aromatic N) is 5. The van der Waals surface area contributed by atoms with Gasteiger partial charge < -0.3 is 14.4 Å². The number of ether oxygens (including phenoxy) is 2. The van der Waals surface area contributed by atoms with Gasteiger partial charge in [0.25, 0.3) is 11.8 Å². The molecule has 3 aromatic heterocycles. The molecule has 0 saturated heterocycles. The van der Waals surface area contributed by atoms with Crippen LogP contribution in [0.25, 0.3) is 10.6 Å². The van der Waals surface area contributed by atoms with E-state index in [9.17, 15) is 4.79 Å². The fraction of sp³-hybridized carbons (Fsp3) is 0.208. The molecule has 0 spiro atoms. The highest BCUT2D eigenvalue weighted by molar-refractivity contribution is 7.18. The molecule has 0 aliphatic rings. The molecule has 0 radical (unpaired) electrons. The molecule has 1 aromatic carbocycles. The highest BCUT2D eigenvalue weighted by Gasteiger charge is 2.20. The van der Waals surface area contributed by atoms with E-state index < -0.39 is 0 Å². The predicted octanol–water partition coefficient (Wildman–Crippen LogP) is 3.94. The first kappa shape index (κ1) is 23.3. The van der Waals surface area contributed by atoms with E-state index >= 15 is 0 Å². The monoisotopic (exact) mass is 476 g/mol. The minimum absolute atomic E-state index is 0.259. The Labute approximate surface area is 201 Å². The number of pyridine rings is 2. The average molecular weight is 477 g/mol. The van der Waals surface area contributed by atoms with Crippen molar-refractivity contribution in [2.24, 2.45) is 0 Å². The minimum atomic E-state index is -0.373.